The summed E-state index contributed by atoms with van der Waals surface area (Å²) in [5.41, 5.74) is 5.48. The fraction of sp³-hybridized carbons (Fsp3) is 0.348. The Labute approximate surface area is 184 Å². The van der Waals surface area contributed by atoms with Crippen molar-refractivity contribution in [1.82, 2.24) is 9.97 Å². The van der Waals surface area contributed by atoms with Crippen LogP contribution in [0.1, 0.15) is 46.4 Å². The summed E-state index contributed by atoms with van der Waals surface area (Å²) in [4.78, 5) is 31.5. The van der Waals surface area contributed by atoms with E-state index >= 15 is 0 Å². The number of methoxy groups -OCH3 is 1. The summed E-state index contributed by atoms with van der Waals surface area (Å²) in [6.45, 7) is 0. The highest BCUT2D eigenvalue weighted by Gasteiger charge is 2.70. The number of aromatic amines is 1. The molecular weight excluding hydrogens is 442 g/mol. The Balaban J connectivity index is 1.67. The zero-order chi connectivity index (χ0) is 23.7. The first-order valence-corrected chi connectivity index (χ1v) is 10.4. The van der Waals surface area contributed by atoms with Gasteiger partial charge in [-0.1, -0.05) is 6.07 Å². The largest absolute Gasteiger partial charge is 0.493 e. The molecule has 3 aromatic rings. The molecule has 3 N–H and O–H groups in total. The van der Waals surface area contributed by atoms with Crippen LogP contribution >= 0.6 is 0 Å². The van der Waals surface area contributed by atoms with Crippen molar-refractivity contribution in [2.45, 2.75) is 30.6 Å². The van der Waals surface area contributed by atoms with Crippen molar-refractivity contribution in [3.05, 3.63) is 69.3 Å². The molecular formula is C23H19F4N3O3. The molecule has 2 heterocycles. The highest BCUT2D eigenvalue weighted by Crippen LogP contribution is 2.68. The summed E-state index contributed by atoms with van der Waals surface area (Å²) >= 11 is 0. The van der Waals surface area contributed by atoms with Gasteiger partial charge in [0, 0.05) is 41.3 Å². The molecule has 3 unspecified atom stereocenters. The van der Waals surface area contributed by atoms with Gasteiger partial charge in [0.25, 0.3) is 11.8 Å². The lowest BCUT2D eigenvalue weighted by Gasteiger charge is -2.32. The SMILES string of the molecule is COc1c([C@@H]2CC3C(CC2c2cc(=O)c4c(C(N)=O)nccc4[nH]2)C3(F)F)ccc(F)c1F. The molecule has 0 radical (unpaired) electrons. The second-order valence-corrected chi connectivity index (χ2v) is 8.59. The number of nitrogens with zero attached hydrogens (tertiary/aromatic N) is 1. The number of carbonyl (C=O) groups excluding carboxylic acids is 1. The lowest BCUT2D eigenvalue weighted by Crippen LogP contribution is -2.23. The standard InChI is InChI=1S/C23H19F4N3O3/c1-33-21-9(2-3-14(24)19(21)25)10-6-12-13(23(12,26)27)7-11(10)16-8-17(31)18-15(30-16)4-5-29-20(18)22(28)32/h2-5,8,10-13H,6-7H2,1H3,(H2,28,32)(H,30,31)/t10-,11?,12?,13?/m0/s1. The number of halogens is 4. The number of carbonyl (C=O) groups is 1. The third-order valence-corrected chi connectivity index (χ3v) is 6.95. The molecule has 2 aromatic heterocycles. The molecule has 5 rings (SSSR count). The summed E-state index contributed by atoms with van der Waals surface area (Å²) in [6, 6.07) is 5.00. The second-order valence-electron chi connectivity index (χ2n) is 8.59. The van der Waals surface area contributed by atoms with Crippen LogP contribution in [0.25, 0.3) is 10.9 Å². The van der Waals surface area contributed by atoms with Gasteiger partial charge in [-0.3, -0.25) is 14.6 Å². The molecule has 0 bridgehead atoms. The van der Waals surface area contributed by atoms with Crippen molar-refractivity contribution in [3.63, 3.8) is 0 Å². The Morgan fingerprint density at radius 2 is 1.88 bits per heavy atom. The molecule has 2 aliphatic carbocycles. The monoisotopic (exact) mass is 461 g/mol. The van der Waals surface area contributed by atoms with Crippen molar-refractivity contribution in [1.29, 1.82) is 0 Å². The third-order valence-electron chi connectivity index (χ3n) is 6.95. The van der Waals surface area contributed by atoms with Gasteiger partial charge in [-0.15, -0.1) is 0 Å². The van der Waals surface area contributed by atoms with E-state index < -0.39 is 52.6 Å². The van der Waals surface area contributed by atoms with Crippen molar-refractivity contribution < 1.29 is 27.1 Å². The Kier molecular flexibility index (Phi) is 4.73. The number of amides is 1. The lowest BCUT2D eigenvalue weighted by molar-refractivity contribution is 0.0845. The molecule has 172 valence electrons. The van der Waals surface area contributed by atoms with Crippen LogP contribution in [0.5, 0.6) is 5.75 Å². The second kappa shape index (κ2) is 7.29. The minimum atomic E-state index is -2.86. The number of fused-ring (bicyclic) bond motifs is 2. The van der Waals surface area contributed by atoms with Crippen molar-refractivity contribution in [2.75, 3.05) is 7.11 Å². The number of ether oxygens (including phenoxy) is 1. The van der Waals surface area contributed by atoms with Gasteiger partial charge >= 0.3 is 0 Å². The maximum absolute atomic E-state index is 14.4. The maximum Gasteiger partial charge on any atom is 0.268 e. The zero-order valence-electron chi connectivity index (χ0n) is 17.4. The molecule has 1 aromatic carbocycles. The minimum Gasteiger partial charge on any atom is -0.493 e. The van der Waals surface area contributed by atoms with Crippen LogP contribution in [-0.2, 0) is 0 Å². The van der Waals surface area contributed by atoms with E-state index in [0.717, 1.165) is 6.07 Å². The number of rotatable bonds is 4. The predicted octanol–water partition coefficient (Wildman–Crippen LogP) is 3.85. The number of alkyl halides is 2. The number of pyridine rings is 2. The molecule has 0 aliphatic heterocycles. The quantitative estimate of drug-likeness (QED) is 0.577. The van der Waals surface area contributed by atoms with Gasteiger partial charge in [0.05, 0.1) is 18.0 Å². The van der Waals surface area contributed by atoms with Gasteiger partial charge in [0.15, 0.2) is 17.0 Å². The third kappa shape index (κ3) is 3.19. The van der Waals surface area contributed by atoms with E-state index in [2.05, 4.69) is 9.97 Å². The highest BCUT2D eigenvalue weighted by molar-refractivity contribution is 6.03. The molecule has 2 aliphatic rings. The molecule has 6 nitrogen and oxygen atoms in total. The summed E-state index contributed by atoms with van der Waals surface area (Å²) in [7, 11) is 1.18. The molecule has 0 saturated heterocycles. The fourth-order valence-corrected chi connectivity index (χ4v) is 5.32. The van der Waals surface area contributed by atoms with Crippen molar-refractivity contribution in [3.8, 4) is 5.75 Å². The van der Waals surface area contributed by atoms with Gasteiger partial charge in [0.1, 0.15) is 5.69 Å². The number of primary amides is 1. The Bertz CT molecular complexity index is 1360. The van der Waals surface area contributed by atoms with E-state index in [-0.39, 0.29) is 40.8 Å². The first kappa shape index (κ1) is 21.4. The first-order chi connectivity index (χ1) is 15.6. The fourth-order valence-electron chi connectivity index (χ4n) is 5.32. The summed E-state index contributed by atoms with van der Waals surface area (Å²) < 4.78 is 62.1. The van der Waals surface area contributed by atoms with E-state index in [4.69, 9.17) is 10.5 Å². The zero-order valence-corrected chi connectivity index (χ0v) is 17.4. The first-order valence-electron chi connectivity index (χ1n) is 10.4. The van der Waals surface area contributed by atoms with Crippen LogP contribution in [0.2, 0.25) is 0 Å². The topological polar surface area (TPSA) is 98.1 Å². The van der Waals surface area contributed by atoms with Crippen LogP contribution in [0.3, 0.4) is 0 Å². The Hall–Kier alpha value is -3.43. The number of hydrogen-bond acceptors (Lipinski definition) is 4. The lowest BCUT2D eigenvalue weighted by atomic mass is 9.73. The Morgan fingerprint density at radius 3 is 2.55 bits per heavy atom. The van der Waals surface area contributed by atoms with Crippen LogP contribution in [0, 0.1) is 23.5 Å². The molecule has 2 saturated carbocycles. The van der Waals surface area contributed by atoms with Crippen LogP contribution in [-0.4, -0.2) is 28.9 Å². The van der Waals surface area contributed by atoms with E-state index in [1.807, 2.05) is 0 Å². The number of nitrogens with two attached hydrogens (primary N) is 1. The highest BCUT2D eigenvalue weighted by atomic mass is 19.3. The molecule has 33 heavy (non-hydrogen) atoms. The minimum absolute atomic E-state index is 0.00106. The Morgan fingerprint density at radius 1 is 1.18 bits per heavy atom. The van der Waals surface area contributed by atoms with Crippen LogP contribution in [0.4, 0.5) is 17.6 Å². The maximum atomic E-state index is 14.4. The van der Waals surface area contributed by atoms with E-state index in [9.17, 15) is 27.2 Å². The normalized spacial score (nSPS) is 25.5. The van der Waals surface area contributed by atoms with Crippen molar-refractivity contribution >= 4 is 16.8 Å². The van der Waals surface area contributed by atoms with Gasteiger partial charge < -0.3 is 15.5 Å². The number of hydrogen-bond donors (Lipinski definition) is 2. The summed E-state index contributed by atoms with van der Waals surface area (Å²) in [5, 5.41) is 0.00106. The van der Waals surface area contributed by atoms with Gasteiger partial charge in [-0.25, -0.2) is 13.2 Å². The number of H-pyrrole nitrogens is 1. The molecule has 4 atom stereocenters. The molecule has 2 fully saturated rings. The van der Waals surface area contributed by atoms with E-state index in [1.54, 1.807) is 0 Å². The molecule has 10 heteroatoms. The van der Waals surface area contributed by atoms with Gasteiger partial charge in [-0.2, -0.15) is 4.39 Å². The van der Waals surface area contributed by atoms with Crippen LogP contribution < -0.4 is 15.9 Å². The van der Waals surface area contributed by atoms with Gasteiger partial charge in [-0.05, 0) is 30.9 Å². The number of benzene rings is 1. The predicted molar refractivity (Wildman–Crippen MR) is 110 cm³/mol. The van der Waals surface area contributed by atoms with E-state index in [0.29, 0.717) is 5.69 Å². The van der Waals surface area contributed by atoms with Gasteiger partial charge in [0.2, 0.25) is 5.82 Å². The number of aromatic nitrogens is 2. The molecule has 1 amide bonds. The smallest absolute Gasteiger partial charge is 0.268 e. The summed E-state index contributed by atoms with van der Waals surface area (Å²) in [5.74, 6) is -9.40. The number of nitrogens with one attached hydrogen (secondary N) is 1. The average Bonchev–Trinajstić information content (AvgIpc) is 3.33. The van der Waals surface area contributed by atoms with E-state index in [1.165, 1.54) is 31.5 Å². The molecule has 0 spiro atoms. The summed E-state index contributed by atoms with van der Waals surface area (Å²) in [6.07, 6.45) is 1.37. The van der Waals surface area contributed by atoms with Crippen LogP contribution in [0.15, 0.2) is 35.3 Å². The van der Waals surface area contributed by atoms with Crippen molar-refractivity contribution in [2.24, 2.45) is 17.6 Å². The average molecular weight is 461 g/mol.